The molecule has 0 atom stereocenters. The normalized spacial score (nSPS) is 11.4. The Morgan fingerprint density at radius 3 is 2.54 bits per heavy atom. The fourth-order valence-corrected chi connectivity index (χ4v) is 4.16. The Morgan fingerprint density at radius 2 is 1.86 bits per heavy atom. The van der Waals surface area contributed by atoms with Crippen LogP contribution in [-0.2, 0) is 11.3 Å². The van der Waals surface area contributed by atoms with Crippen molar-refractivity contribution in [1.29, 1.82) is 5.26 Å². The third-order valence-corrected chi connectivity index (χ3v) is 5.88. The van der Waals surface area contributed by atoms with Crippen LogP contribution in [0.1, 0.15) is 30.7 Å². The van der Waals surface area contributed by atoms with Crippen molar-refractivity contribution in [2.24, 2.45) is 0 Å². The Morgan fingerprint density at radius 1 is 1.14 bits per heavy atom. The quantitative estimate of drug-likeness (QED) is 0.135. The van der Waals surface area contributed by atoms with Crippen LogP contribution in [0.5, 0.6) is 5.75 Å². The number of amides is 1. The monoisotopic (exact) mass is 494 g/mol. The van der Waals surface area contributed by atoms with Gasteiger partial charge >= 0.3 is 0 Å². The maximum absolute atomic E-state index is 13.0. The summed E-state index contributed by atoms with van der Waals surface area (Å²) >= 11 is 0. The molecule has 1 amide bonds. The van der Waals surface area contributed by atoms with E-state index in [2.05, 4.69) is 9.88 Å². The predicted octanol–water partition coefficient (Wildman–Crippen LogP) is 6.24. The SMILES string of the molecule is Cc1c(/C=C(/C#N)C(=O)Nc2cccc(OC(C)C)c2)c2ccccc2n1Cc1ccc([N+](=O)[O-])cc1. The number of non-ortho nitro benzene ring substituents is 1. The molecule has 3 aromatic carbocycles. The molecule has 0 spiro atoms. The van der Waals surface area contributed by atoms with Crippen LogP contribution < -0.4 is 10.1 Å². The lowest BCUT2D eigenvalue weighted by Crippen LogP contribution is -2.14. The molecule has 0 saturated heterocycles. The number of carbonyl (C=O) groups excluding carboxylic acids is 1. The summed E-state index contributed by atoms with van der Waals surface area (Å²) in [6.45, 7) is 6.25. The Labute approximate surface area is 214 Å². The molecule has 0 radical (unpaired) electrons. The molecule has 0 fully saturated rings. The largest absolute Gasteiger partial charge is 0.491 e. The van der Waals surface area contributed by atoms with Crippen LogP contribution in [0.15, 0.2) is 78.4 Å². The van der Waals surface area contributed by atoms with E-state index in [0.717, 1.165) is 27.7 Å². The van der Waals surface area contributed by atoms with E-state index in [1.807, 2.05) is 51.1 Å². The minimum Gasteiger partial charge on any atom is -0.491 e. The van der Waals surface area contributed by atoms with Gasteiger partial charge in [-0.2, -0.15) is 5.26 Å². The molecule has 0 saturated carbocycles. The molecular weight excluding hydrogens is 468 g/mol. The molecule has 0 unspecified atom stereocenters. The highest BCUT2D eigenvalue weighted by atomic mass is 16.6. The van der Waals surface area contributed by atoms with Crippen LogP contribution in [0.25, 0.3) is 17.0 Å². The number of ether oxygens (including phenoxy) is 1. The van der Waals surface area contributed by atoms with Gasteiger partial charge in [-0.15, -0.1) is 0 Å². The van der Waals surface area contributed by atoms with Crippen molar-refractivity contribution in [2.75, 3.05) is 5.32 Å². The van der Waals surface area contributed by atoms with Crippen LogP contribution in [0, 0.1) is 28.4 Å². The fourth-order valence-electron chi connectivity index (χ4n) is 4.16. The second kappa shape index (κ2) is 10.8. The minimum absolute atomic E-state index is 0.00758. The molecule has 1 aromatic heterocycles. The number of benzene rings is 3. The van der Waals surface area contributed by atoms with Gasteiger partial charge in [-0.3, -0.25) is 14.9 Å². The highest BCUT2D eigenvalue weighted by molar-refractivity contribution is 6.11. The number of para-hydroxylation sites is 1. The number of carbonyl (C=O) groups is 1. The number of nitro benzene ring substituents is 1. The third-order valence-electron chi connectivity index (χ3n) is 5.88. The average Bonchev–Trinajstić information content (AvgIpc) is 3.13. The number of hydrogen-bond acceptors (Lipinski definition) is 5. The number of nitriles is 1. The standard InChI is InChI=1S/C29H26N4O4/c1-19(2)37-25-8-6-7-23(16-25)31-29(34)22(17-30)15-27-20(3)32(28-10-5-4-9-26(27)28)18-21-11-13-24(14-12-21)33(35)36/h4-16,19H,18H2,1-3H3,(H,31,34)/b22-15-. The van der Waals surface area contributed by atoms with E-state index in [-0.39, 0.29) is 17.4 Å². The first-order chi connectivity index (χ1) is 17.8. The van der Waals surface area contributed by atoms with E-state index in [1.54, 1.807) is 42.5 Å². The summed E-state index contributed by atoms with van der Waals surface area (Å²) in [6.07, 6.45) is 1.60. The first kappa shape index (κ1) is 25.2. The zero-order valence-corrected chi connectivity index (χ0v) is 20.8. The number of nitro groups is 1. The van der Waals surface area contributed by atoms with Crippen molar-refractivity contribution in [1.82, 2.24) is 4.57 Å². The average molecular weight is 495 g/mol. The van der Waals surface area contributed by atoms with E-state index < -0.39 is 10.8 Å². The van der Waals surface area contributed by atoms with Crippen molar-refractivity contribution in [2.45, 2.75) is 33.4 Å². The lowest BCUT2D eigenvalue weighted by molar-refractivity contribution is -0.384. The number of rotatable bonds is 8. The first-order valence-electron chi connectivity index (χ1n) is 11.8. The zero-order valence-electron chi connectivity index (χ0n) is 20.8. The summed E-state index contributed by atoms with van der Waals surface area (Å²) in [4.78, 5) is 23.6. The lowest BCUT2D eigenvalue weighted by Gasteiger charge is -2.11. The van der Waals surface area contributed by atoms with Gasteiger partial charge in [0.05, 0.1) is 11.0 Å². The summed E-state index contributed by atoms with van der Waals surface area (Å²) in [5, 5.41) is 24.5. The molecule has 1 N–H and O–H groups in total. The molecule has 37 heavy (non-hydrogen) atoms. The number of aromatic nitrogens is 1. The van der Waals surface area contributed by atoms with Crippen LogP contribution in [-0.4, -0.2) is 21.5 Å². The van der Waals surface area contributed by atoms with Gasteiger partial charge in [-0.25, -0.2) is 0 Å². The number of hydrogen-bond donors (Lipinski definition) is 1. The van der Waals surface area contributed by atoms with Crippen LogP contribution in [0.4, 0.5) is 11.4 Å². The summed E-state index contributed by atoms with van der Waals surface area (Å²) in [6, 6.07) is 23.2. The van der Waals surface area contributed by atoms with Gasteiger partial charge in [0.2, 0.25) is 0 Å². The Balaban J connectivity index is 1.66. The molecule has 1 heterocycles. The molecule has 8 nitrogen and oxygen atoms in total. The molecule has 4 aromatic rings. The van der Waals surface area contributed by atoms with Crippen molar-refractivity contribution < 1.29 is 14.5 Å². The molecule has 8 heteroatoms. The molecule has 186 valence electrons. The highest BCUT2D eigenvalue weighted by Gasteiger charge is 2.17. The predicted molar refractivity (Wildman–Crippen MR) is 143 cm³/mol. The lowest BCUT2D eigenvalue weighted by atomic mass is 10.1. The second-order valence-corrected chi connectivity index (χ2v) is 8.84. The highest BCUT2D eigenvalue weighted by Crippen LogP contribution is 2.29. The Kier molecular flexibility index (Phi) is 7.35. The molecule has 0 bridgehead atoms. The molecule has 0 aliphatic rings. The van der Waals surface area contributed by atoms with Gasteiger partial charge in [0.25, 0.3) is 11.6 Å². The number of anilines is 1. The van der Waals surface area contributed by atoms with Gasteiger partial charge in [-0.1, -0.05) is 36.4 Å². The van der Waals surface area contributed by atoms with E-state index in [0.29, 0.717) is 18.0 Å². The molecule has 0 aliphatic heterocycles. The third kappa shape index (κ3) is 5.68. The van der Waals surface area contributed by atoms with Gasteiger partial charge in [0, 0.05) is 52.6 Å². The van der Waals surface area contributed by atoms with Gasteiger partial charge in [-0.05, 0) is 50.6 Å². The smallest absolute Gasteiger partial charge is 0.269 e. The maximum Gasteiger partial charge on any atom is 0.269 e. The summed E-state index contributed by atoms with van der Waals surface area (Å²) in [7, 11) is 0. The van der Waals surface area contributed by atoms with E-state index in [9.17, 15) is 20.2 Å². The fraction of sp³-hybridized carbons (Fsp3) is 0.172. The van der Waals surface area contributed by atoms with Gasteiger partial charge in [0.1, 0.15) is 17.4 Å². The van der Waals surface area contributed by atoms with Crippen LogP contribution >= 0.6 is 0 Å². The topological polar surface area (TPSA) is 110 Å². The van der Waals surface area contributed by atoms with Crippen LogP contribution in [0.2, 0.25) is 0 Å². The maximum atomic E-state index is 13.0. The number of fused-ring (bicyclic) bond motifs is 1. The molecule has 4 rings (SSSR count). The summed E-state index contributed by atoms with van der Waals surface area (Å²) < 4.78 is 7.76. The van der Waals surface area contributed by atoms with Gasteiger partial charge < -0.3 is 14.6 Å². The van der Waals surface area contributed by atoms with Crippen molar-refractivity contribution in [3.63, 3.8) is 0 Å². The number of nitrogens with zero attached hydrogens (tertiary/aromatic N) is 3. The van der Waals surface area contributed by atoms with Crippen molar-refractivity contribution in [3.05, 3.63) is 105 Å². The summed E-state index contributed by atoms with van der Waals surface area (Å²) in [5.41, 5.74) is 3.99. The minimum atomic E-state index is -0.518. The number of nitrogens with one attached hydrogen (secondary N) is 1. The van der Waals surface area contributed by atoms with E-state index >= 15 is 0 Å². The van der Waals surface area contributed by atoms with Gasteiger partial charge in [0.15, 0.2) is 0 Å². The zero-order chi connectivity index (χ0) is 26.5. The van der Waals surface area contributed by atoms with E-state index in [4.69, 9.17) is 4.74 Å². The summed E-state index contributed by atoms with van der Waals surface area (Å²) in [5.74, 6) is 0.108. The second-order valence-electron chi connectivity index (χ2n) is 8.84. The Bertz CT molecular complexity index is 1540. The van der Waals surface area contributed by atoms with Crippen molar-refractivity contribution in [3.8, 4) is 11.8 Å². The first-order valence-corrected chi connectivity index (χ1v) is 11.8. The molecule has 0 aliphatic carbocycles. The molecular formula is C29H26N4O4. The van der Waals surface area contributed by atoms with Crippen LogP contribution in [0.3, 0.4) is 0 Å². The Hall–Kier alpha value is -4.90. The van der Waals surface area contributed by atoms with E-state index in [1.165, 1.54) is 12.1 Å². The van der Waals surface area contributed by atoms with Crippen molar-refractivity contribution >= 4 is 34.3 Å².